The van der Waals surface area contributed by atoms with E-state index in [1.54, 1.807) is 13.8 Å². The van der Waals surface area contributed by atoms with Gasteiger partial charge in [-0.05, 0) is 32.8 Å². The fourth-order valence-corrected chi connectivity index (χ4v) is 0.921. The molecule has 0 aliphatic carbocycles. The molecule has 0 aromatic rings. The minimum Gasteiger partial charge on any atom is -0.386 e. The molecule has 0 aliphatic heterocycles. The van der Waals surface area contributed by atoms with E-state index in [0.717, 1.165) is 12.0 Å². The fourth-order valence-electron chi connectivity index (χ4n) is 0.921. The molecule has 1 heteroatoms. The second-order valence-electron chi connectivity index (χ2n) is 3.13. The van der Waals surface area contributed by atoms with Gasteiger partial charge >= 0.3 is 0 Å². The lowest BCUT2D eigenvalue weighted by Gasteiger charge is -2.18. The van der Waals surface area contributed by atoms with Crippen LogP contribution in [0.15, 0.2) is 23.8 Å². The molecule has 0 aromatic carbocycles. The first kappa shape index (κ1) is 10.4. The second-order valence-corrected chi connectivity index (χ2v) is 3.13. The first-order valence-electron chi connectivity index (χ1n) is 4.08. The van der Waals surface area contributed by atoms with E-state index in [1.807, 2.05) is 25.2 Å². The second kappa shape index (κ2) is 4.35. The Morgan fingerprint density at radius 1 is 1.45 bits per heavy atom. The molecule has 0 radical (unpaired) electrons. The van der Waals surface area contributed by atoms with E-state index in [-0.39, 0.29) is 0 Å². The minimum atomic E-state index is -0.706. The molecule has 0 spiro atoms. The van der Waals surface area contributed by atoms with Gasteiger partial charge in [-0.2, -0.15) is 0 Å². The van der Waals surface area contributed by atoms with Gasteiger partial charge < -0.3 is 5.11 Å². The summed E-state index contributed by atoms with van der Waals surface area (Å²) in [4.78, 5) is 0. The summed E-state index contributed by atoms with van der Waals surface area (Å²) in [6.07, 6.45) is 6.90. The van der Waals surface area contributed by atoms with E-state index in [4.69, 9.17) is 0 Å². The van der Waals surface area contributed by atoms with Crippen LogP contribution in [0.5, 0.6) is 0 Å². The molecule has 1 N–H and O–H groups in total. The summed E-state index contributed by atoms with van der Waals surface area (Å²) < 4.78 is 0. The maximum atomic E-state index is 9.62. The first-order valence-corrected chi connectivity index (χ1v) is 4.08. The largest absolute Gasteiger partial charge is 0.386 e. The number of hydrogen-bond donors (Lipinski definition) is 1. The van der Waals surface area contributed by atoms with E-state index >= 15 is 0 Å². The summed E-state index contributed by atoms with van der Waals surface area (Å²) >= 11 is 0. The van der Waals surface area contributed by atoms with Crippen molar-refractivity contribution < 1.29 is 5.11 Å². The Balaban J connectivity index is 4.48. The maximum Gasteiger partial charge on any atom is 0.0837 e. The Kier molecular flexibility index (Phi) is 4.12. The maximum absolute atomic E-state index is 9.62. The normalized spacial score (nSPS) is 14.5. The van der Waals surface area contributed by atoms with Gasteiger partial charge in [0.25, 0.3) is 0 Å². The average Bonchev–Trinajstić information content (AvgIpc) is 1.85. The van der Waals surface area contributed by atoms with E-state index in [1.165, 1.54) is 0 Å². The van der Waals surface area contributed by atoms with Crippen molar-refractivity contribution in [1.82, 2.24) is 0 Å². The fraction of sp³-hybridized carbons (Fsp3) is 0.600. The molecule has 0 unspecified atom stereocenters. The van der Waals surface area contributed by atoms with Crippen LogP contribution >= 0.6 is 0 Å². The highest BCUT2D eigenvalue weighted by atomic mass is 16.3. The Hall–Kier alpha value is -0.560. The van der Waals surface area contributed by atoms with Crippen molar-refractivity contribution in [3.63, 3.8) is 0 Å². The van der Waals surface area contributed by atoms with Crippen LogP contribution < -0.4 is 0 Å². The molecule has 64 valence electrons. The molecular formula is C10H18O. The molecule has 0 saturated heterocycles. The number of allylic oxidation sites excluding steroid dienone is 2. The van der Waals surface area contributed by atoms with E-state index in [2.05, 4.69) is 6.92 Å². The standard InChI is InChI=1S/C10H18O/c1-5-7-9(8-6-2)10(3,4)11/h5,7-8,11H,6H2,1-4H3. The molecule has 0 aromatic heterocycles. The van der Waals surface area contributed by atoms with Crippen molar-refractivity contribution in [2.24, 2.45) is 0 Å². The van der Waals surface area contributed by atoms with Crippen LogP contribution in [0.1, 0.15) is 34.1 Å². The van der Waals surface area contributed by atoms with Crippen LogP contribution in [-0.4, -0.2) is 10.7 Å². The number of aliphatic hydroxyl groups is 1. The van der Waals surface area contributed by atoms with E-state index < -0.39 is 5.60 Å². The summed E-state index contributed by atoms with van der Waals surface area (Å²) in [7, 11) is 0. The molecule has 0 rings (SSSR count). The van der Waals surface area contributed by atoms with Gasteiger partial charge in [0.2, 0.25) is 0 Å². The molecule has 0 aliphatic rings. The highest BCUT2D eigenvalue weighted by Crippen LogP contribution is 2.17. The molecule has 0 saturated carbocycles. The first-order chi connectivity index (χ1) is 5.02. The minimum absolute atomic E-state index is 0.706. The Labute approximate surface area is 69.4 Å². The number of rotatable bonds is 3. The highest BCUT2D eigenvalue weighted by molar-refractivity contribution is 5.26. The molecule has 0 amide bonds. The predicted molar refractivity (Wildman–Crippen MR) is 49.5 cm³/mol. The third-order valence-corrected chi connectivity index (χ3v) is 1.48. The Morgan fingerprint density at radius 2 is 2.00 bits per heavy atom. The predicted octanol–water partition coefficient (Wildman–Crippen LogP) is 2.67. The van der Waals surface area contributed by atoms with Gasteiger partial charge in [0.1, 0.15) is 0 Å². The summed E-state index contributed by atoms with van der Waals surface area (Å²) in [6, 6.07) is 0. The lowest BCUT2D eigenvalue weighted by Crippen LogP contribution is -2.20. The SMILES string of the molecule is CC=CC(=CCC)C(C)(C)O. The van der Waals surface area contributed by atoms with Gasteiger partial charge in [-0.1, -0.05) is 25.2 Å². The lowest BCUT2D eigenvalue weighted by molar-refractivity contribution is 0.123. The zero-order valence-electron chi connectivity index (χ0n) is 7.89. The van der Waals surface area contributed by atoms with Gasteiger partial charge in [-0.3, -0.25) is 0 Å². The van der Waals surface area contributed by atoms with Crippen LogP contribution in [0.2, 0.25) is 0 Å². The number of hydrogen-bond acceptors (Lipinski definition) is 1. The van der Waals surface area contributed by atoms with Crippen molar-refractivity contribution in [2.75, 3.05) is 0 Å². The Morgan fingerprint density at radius 3 is 2.27 bits per heavy atom. The van der Waals surface area contributed by atoms with E-state index in [0.29, 0.717) is 0 Å². The zero-order chi connectivity index (χ0) is 8.91. The summed E-state index contributed by atoms with van der Waals surface area (Å²) in [5.74, 6) is 0. The molecule has 0 atom stereocenters. The summed E-state index contributed by atoms with van der Waals surface area (Å²) in [5, 5.41) is 9.62. The quantitative estimate of drug-likeness (QED) is 0.620. The highest BCUT2D eigenvalue weighted by Gasteiger charge is 2.15. The van der Waals surface area contributed by atoms with Crippen molar-refractivity contribution in [3.05, 3.63) is 23.8 Å². The van der Waals surface area contributed by atoms with Crippen molar-refractivity contribution in [2.45, 2.75) is 39.7 Å². The van der Waals surface area contributed by atoms with E-state index in [9.17, 15) is 5.11 Å². The lowest BCUT2D eigenvalue weighted by atomic mass is 9.97. The molecule has 0 fully saturated rings. The van der Waals surface area contributed by atoms with Crippen LogP contribution in [-0.2, 0) is 0 Å². The van der Waals surface area contributed by atoms with Gasteiger partial charge in [0, 0.05) is 0 Å². The van der Waals surface area contributed by atoms with Gasteiger partial charge in [0.15, 0.2) is 0 Å². The van der Waals surface area contributed by atoms with Gasteiger partial charge in [0.05, 0.1) is 5.60 Å². The Bertz CT molecular complexity index is 158. The van der Waals surface area contributed by atoms with Crippen LogP contribution in [0, 0.1) is 0 Å². The molecule has 0 bridgehead atoms. The van der Waals surface area contributed by atoms with Crippen molar-refractivity contribution in [3.8, 4) is 0 Å². The van der Waals surface area contributed by atoms with Crippen molar-refractivity contribution in [1.29, 1.82) is 0 Å². The van der Waals surface area contributed by atoms with Gasteiger partial charge in [-0.25, -0.2) is 0 Å². The van der Waals surface area contributed by atoms with Crippen LogP contribution in [0.25, 0.3) is 0 Å². The average molecular weight is 154 g/mol. The van der Waals surface area contributed by atoms with Crippen LogP contribution in [0.3, 0.4) is 0 Å². The van der Waals surface area contributed by atoms with Crippen LogP contribution in [0.4, 0.5) is 0 Å². The molecule has 11 heavy (non-hydrogen) atoms. The summed E-state index contributed by atoms with van der Waals surface area (Å²) in [6.45, 7) is 7.62. The molecule has 0 heterocycles. The topological polar surface area (TPSA) is 20.2 Å². The smallest absolute Gasteiger partial charge is 0.0837 e. The third kappa shape index (κ3) is 3.99. The van der Waals surface area contributed by atoms with Crippen molar-refractivity contribution >= 4 is 0 Å². The van der Waals surface area contributed by atoms with Gasteiger partial charge in [-0.15, -0.1) is 0 Å². The molecular weight excluding hydrogens is 136 g/mol. The molecule has 1 nitrogen and oxygen atoms in total. The monoisotopic (exact) mass is 154 g/mol. The summed E-state index contributed by atoms with van der Waals surface area (Å²) in [5.41, 5.74) is 0.283. The zero-order valence-corrected chi connectivity index (χ0v) is 7.89. The third-order valence-electron chi connectivity index (χ3n) is 1.48.